The number of rotatable bonds is 5. The van der Waals surface area contributed by atoms with Crippen molar-refractivity contribution < 1.29 is 9.18 Å². The molecule has 0 saturated carbocycles. The van der Waals surface area contributed by atoms with Crippen molar-refractivity contribution in [2.75, 3.05) is 0 Å². The molecule has 0 N–H and O–H groups in total. The number of nitrogens with zero attached hydrogens (tertiary/aromatic N) is 2. The zero-order valence-electron chi connectivity index (χ0n) is 10.3. The van der Waals surface area contributed by atoms with Gasteiger partial charge >= 0.3 is 0 Å². The van der Waals surface area contributed by atoms with Gasteiger partial charge in [0.25, 0.3) is 0 Å². The molecule has 1 aromatic carbocycles. The summed E-state index contributed by atoms with van der Waals surface area (Å²) < 4.78 is 16.8. The lowest BCUT2D eigenvalue weighted by atomic mass is 10.1. The first-order valence-corrected chi connectivity index (χ1v) is 7.05. The number of ketones is 1. The molecule has 2 aromatic rings. The minimum absolute atomic E-state index is 0.0769. The van der Waals surface area contributed by atoms with Crippen LogP contribution in [0.4, 0.5) is 4.39 Å². The third-order valence-corrected chi connectivity index (χ3v) is 3.82. The van der Waals surface area contributed by atoms with E-state index in [0.717, 1.165) is 30.1 Å². The standard InChI is InChI=1S/C13H12ClFN2OS/c1-2-3-11-13(19-17-16-11)12(18)6-8-4-5-9(15)7-10(8)14/h4-5,7H,2-3,6H2,1H3. The molecule has 0 radical (unpaired) electrons. The van der Waals surface area contributed by atoms with E-state index in [4.69, 9.17) is 11.6 Å². The zero-order chi connectivity index (χ0) is 13.8. The van der Waals surface area contributed by atoms with Crippen LogP contribution in [0.25, 0.3) is 0 Å². The summed E-state index contributed by atoms with van der Waals surface area (Å²) in [5.74, 6) is -0.487. The van der Waals surface area contributed by atoms with Crippen LogP contribution in [0.5, 0.6) is 0 Å². The van der Waals surface area contributed by atoms with E-state index in [-0.39, 0.29) is 17.2 Å². The van der Waals surface area contributed by atoms with Crippen LogP contribution in [0.2, 0.25) is 5.02 Å². The Balaban J connectivity index is 2.18. The van der Waals surface area contributed by atoms with Gasteiger partial charge in [0, 0.05) is 11.4 Å². The molecule has 3 nitrogen and oxygen atoms in total. The maximum absolute atomic E-state index is 12.9. The van der Waals surface area contributed by atoms with Crippen LogP contribution in [-0.2, 0) is 12.8 Å². The van der Waals surface area contributed by atoms with Crippen molar-refractivity contribution >= 4 is 28.9 Å². The second-order valence-corrected chi connectivity index (χ2v) is 5.30. The molecule has 0 spiro atoms. The number of aromatic nitrogens is 2. The Morgan fingerprint density at radius 2 is 2.26 bits per heavy atom. The van der Waals surface area contributed by atoms with Gasteiger partial charge < -0.3 is 0 Å². The van der Waals surface area contributed by atoms with E-state index < -0.39 is 5.82 Å². The largest absolute Gasteiger partial charge is 0.293 e. The monoisotopic (exact) mass is 298 g/mol. The van der Waals surface area contributed by atoms with Crippen molar-refractivity contribution in [3.63, 3.8) is 0 Å². The summed E-state index contributed by atoms with van der Waals surface area (Å²) >= 11 is 7.01. The van der Waals surface area contributed by atoms with Gasteiger partial charge in [0.05, 0.1) is 5.69 Å². The maximum atomic E-state index is 12.9. The molecule has 1 heterocycles. The van der Waals surface area contributed by atoms with E-state index in [9.17, 15) is 9.18 Å². The number of hydrogen-bond donors (Lipinski definition) is 0. The highest BCUT2D eigenvalue weighted by atomic mass is 35.5. The summed E-state index contributed by atoms with van der Waals surface area (Å²) in [5, 5.41) is 4.23. The van der Waals surface area contributed by atoms with Crippen LogP contribution < -0.4 is 0 Å². The average molecular weight is 299 g/mol. The first-order valence-electron chi connectivity index (χ1n) is 5.90. The molecule has 0 fully saturated rings. The number of aryl methyl sites for hydroxylation is 1. The molecule has 0 atom stereocenters. The molecule has 0 aliphatic carbocycles. The van der Waals surface area contributed by atoms with E-state index in [0.29, 0.717) is 10.4 Å². The fourth-order valence-electron chi connectivity index (χ4n) is 1.74. The predicted octanol–water partition coefficient (Wildman–Crippen LogP) is 3.71. The zero-order valence-corrected chi connectivity index (χ0v) is 11.9. The molecule has 0 saturated heterocycles. The Hall–Kier alpha value is -1.33. The van der Waals surface area contributed by atoms with E-state index >= 15 is 0 Å². The van der Waals surface area contributed by atoms with Gasteiger partial charge in [-0.1, -0.05) is 35.5 Å². The summed E-state index contributed by atoms with van der Waals surface area (Å²) in [6.45, 7) is 2.02. The van der Waals surface area contributed by atoms with Crippen molar-refractivity contribution in [2.24, 2.45) is 0 Å². The minimum atomic E-state index is -0.410. The molecular weight excluding hydrogens is 287 g/mol. The summed E-state index contributed by atoms with van der Waals surface area (Å²) in [6, 6.07) is 4.04. The first-order chi connectivity index (χ1) is 9.11. The average Bonchev–Trinajstić information content (AvgIpc) is 2.81. The van der Waals surface area contributed by atoms with E-state index in [1.54, 1.807) is 0 Å². The van der Waals surface area contributed by atoms with Gasteiger partial charge in [-0.15, -0.1) is 5.10 Å². The van der Waals surface area contributed by atoms with E-state index in [1.807, 2.05) is 6.92 Å². The van der Waals surface area contributed by atoms with Crippen LogP contribution >= 0.6 is 23.1 Å². The van der Waals surface area contributed by atoms with Gasteiger partial charge in [0.2, 0.25) is 0 Å². The highest BCUT2D eigenvalue weighted by Gasteiger charge is 2.17. The Morgan fingerprint density at radius 3 is 2.95 bits per heavy atom. The van der Waals surface area contributed by atoms with Crippen molar-refractivity contribution in [1.82, 2.24) is 9.59 Å². The van der Waals surface area contributed by atoms with Crippen LogP contribution in [0.15, 0.2) is 18.2 Å². The van der Waals surface area contributed by atoms with Crippen LogP contribution in [0.1, 0.15) is 34.3 Å². The van der Waals surface area contributed by atoms with Crippen LogP contribution in [0, 0.1) is 5.82 Å². The maximum Gasteiger partial charge on any atom is 0.180 e. The summed E-state index contributed by atoms with van der Waals surface area (Å²) in [4.78, 5) is 12.8. The summed E-state index contributed by atoms with van der Waals surface area (Å²) in [5.41, 5.74) is 1.35. The first kappa shape index (κ1) is 14.1. The van der Waals surface area contributed by atoms with Gasteiger partial charge in [-0.05, 0) is 35.6 Å². The fourth-order valence-corrected chi connectivity index (χ4v) is 2.62. The molecule has 6 heteroatoms. The predicted molar refractivity (Wildman–Crippen MR) is 73.3 cm³/mol. The lowest BCUT2D eigenvalue weighted by molar-refractivity contribution is 0.0995. The number of Topliss-reactive ketones (excluding diaryl/α,β-unsaturated/α-hetero) is 1. The second kappa shape index (κ2) is 6.21. The van der Waals surface area contributed by atoms with Gasteiger partial charge in [0.1, 0.15) is 10.7 Å². The minimum Gasteiger partial charge on any atom is -0.293 e. The molecule has 0 amide bonds. The van der Waals surface area contributed by atoms with Gasteiger partial charge in [-0.3, -0.25) is 4.79 Å². The number of hydrogen-bond acceptors (Lipinski definition) is 4. The third kappa shape index (κ3) is 3.36. The Kier molecular flexibility index (Phi) is 4.61. The third-order valence-electron chi connectivity index (χ3n) is 2.66. The Labute approximate surface area is 119 Å². The summed E-state index contributed by atoms with van der Waals surface area (Å²) in [6.07, 6.45) is 1.78. The molecule has 1 aromatic heterocycles. The van der Waals surface area contributed by atoms with Gasteiger partial charge in [-0.2, -0.15) is 0 Å². The Morgan fingerprint density at radius 1 is 1.47 bits per heavy atom. The number of carbonyl (C=O) groups is 1. The number of benzene rings is 1. The van der Waals surface area contributed by atoms with Gasteiger partial charge in [-0.25, -0.2) is 4.39 Å². The molecule has 0 aliphatic rings. The number of carbonyl (C=O) groups excluding carboxylic acids is 1. The number of halogens is 2. The normalized spacial score (nSPS) is 10.7. The van der Waals surface area contributed by atoms with Crippen molar-refractivity contribution in [1.29, 1.82) is 0 Å². The van der Waals surface area contributed by atoms with Crippen molar-refractivity contribution in [2.45, 2.75) is 26.2 Å². The highest BCUT2D eigenvalue weighted by molar-refractivity contribution is 7.08. The van der Waals surface area contributed by atoms with Crippen molar-refractivity contribution in [3.8, 4) is 0 Å². The molecule has 0 unspecified atom stereocenters. The Bertz CT molecular complexity index is 600. The lowest BCUT2D eigenvalue weighted by Crippen LogP contribution is -2.05. The van der Waals surface area contributed by atoms with E-state index in [2.05, 4.69) is 9.59 Å². The van der Waals surface area contributed by atoms with Gasteiger partial charge in [0.15, 0.2) is 5.78 Å². The smallest absolute Gasteiger partial charge is 0.180 e. The van der Waals surface area contributed by atoms with Crippen LogP contribution in [-0.4, -0.2) is 15.4 Å². The molecule has 0 aliphatic heterocycles. The van der Waals surface area contributed by atoms with E-state index in [1.165, 1.54) is 18.2 Å². The quantitative estimate of drug-likeness (QED) is 0.790. The highest BCUT2D eigenvalue weighted by Crippen LogP contribution is 2.21. The lowest BCUT2D eigenvalue weighted by Gasteiger charge is -2.03. The van der Waals surface area contributed by atoms with Crippen LogP contribution in [0.3, 0.4) is 0 Å². The fraction of sp³-hybridized carbons (Fsp3) is 0.308. The molecule has 19 heavy (non-hydrogen) atoms. The molecule has 2 rings (SSSR count). The topological polar surface area (TPSA) is 42.9 Å². The molecule has 100 valence electrons. The van der Waals surface area contributed by atoms with Crippen molar-refractivity contribution in [3.05, 3.63) is 45.2 Å². The summed E-state index contributed by atoms with van der Waals surface area (Å²) in [7, 11) is 0. The molecule has 0 bridgehead atoms. The molecular formula is C13H12ClFN2OS. The second-order valence-electron chi connectivity index (χ2n) is 4.13. The SMILES string of the molecule is CCCc1nnsc1C(=O)Cc1ccc(F)cc1Cl.